The van der Waals surface area contributed by atoms with Gasteiger partial charge in [0.05, 0.1) is 0 Å². The second-order valence-electron chi connectivity index (χ2n) is 7.44. The smallest absolute Gasteiger partial charge is 0.138 e. The zero-order chi connectivity index (χ0) is 15.0. The molecule has 0 N–H and O–H groups in total. The van der Waals surface area contributed by atoms with Crippen molar-refractivity contribution in [3.63, 3.8) is 0 Å². The van der Waals surface area contributed by atoms with Crippen LogP contribution in [0.5, 0.6) is 0 Å². The fourth-order valence-corrected chi connectivity index (χ4v) is 4.29. The van der Waals surface area contributed by atoms with E-state index in [0.717, 1.165) is 25.9 Å². The molecule has 4 atom stereocenters. The van der Waals surface area contributed by atoms with E-state index in [1.807, 2.05) is 0 Å². The number of anilines is 1. The normalized spacial score (nSPS) is 32.9. The van der Waals surface area contributed by atoms with Crippen molar-refractivity contribution in [3.05, 3.63) is 29.8 Å². The first-order valence-corrected chi connectivity index (χ1v) is 8.40. The molecule has 114 valence electrons. The van der Waals surface area contributed by atoms with Crippen LogP contribution in [0, 0.1) is 23.7 Å². The molecule has 1 aromatic carbocycles. The number of hydrogen-bond donors (Lipinski definition) is 0. The van der Waals surface area contributed by atoms with E-state index in [-0.39, 0.29) is 5.92 Å². The van der Waals surface area contributed by atoms with Crippen molar-refractivity contribution in [2.45, 2.75) is 40.0 Å². The van der Waals surface area contributed by atoms with Crippen molar-refractivity contribution >= 4 is 11.5 Å². The van der Waals surface area contributed by atoms with E-state index in [4.69, 9.17) is 0 Å². The zero-order valence-electron chi connectivity index (χ0n) is 13.5. The Labute approximate surface area is 128 Å². The average molecular weight is 285 g/mol. The third-order valence-corrected chi connectivity index (χ3v) is 5.27. The van der Waals surface area contributed by atoms with Crippen LogP contribution in [0.25, 0.3) is 0 Å². The van der Waals surface area contributed by atoms with E-state index >= 15 is 0 Å². The molecule has 2 heteroatoms. The van der Waals surface area contributed by atoms with Crippen LogP contribution in [0.2, 0.25) is 0 Å². The van der Waals surface area contributed by atoms with Gasteiger partial charge in [0.15, 0.2) is 0 Å². The Morgan fingerprint density at radius 2 is 1.86 bits per heavy atom. The molecule has 0 spiro atoms. The molecule has 1 saturated carbocycles. The van der Waals surface area contributed by atoms with Gasteiger partial charge in [-0.25, -0.2) is 0 Å². The molecular weight excluding hydrogens is 258 g/mol. The molecule has 0 aromatic heterocycles. The summed E-state index contributed by atoms with van der Waals surface area (Å²) in [5, 5.41) is 0. The predicted octanol–water partition coefficient (Wildman–Crippen LogP) is 3.94. The molecule has 1 heterocycles. The van der Waals surface area contributed by atoms with Crippen molar-refractivity contribution in [2.24, 2.45) is 23.7 Å². The number of para-hydroxylation sites is 1. The second-order valence-corrected chi connectivity index (χ2v) is 7.44. The van der Waals surface area contributed by atoms with Gasteiger partial charge in [0, 0.05) is 31.1 Å². The van der Waals surface area contributed by atoms with E-state index in [0.29, 0.717) is 23.5 Å². The largest absolute Gasteiger partial charge is 0.370 e. The van der Waals surface area contributed by atoms with Crippen LogP contribution in [0.4, 0.5) is 5.69 Å². The number of Topliss-reactive ketones (excluding diaryl/α,β-unsaturated/α-hetero) is 1. The van der Waals surface area contributed by atoms with Crippen molar-refractivity contribution in [2.75, 3.05) is 18.0 Å². The highest BCUT2D eigenvalue weighted by Crippen LogP contribution is 2.35. The van der Waals surface area contributed by atoms with Crippen LogP contribution in [0.3, 0.4) is 0 Å². The molecule has 1 aliphatic carbocycles. The van der Waals surface area contributed by atoms with Crippen molar-refractivity contribution in [1.29, 1.82) is 0 Å². The molecule has 0 saturated heterocycles. The summed E-state index contributed by atoms with van der Waals surface area (Å²) in [5.41, 5.74) is 2.80. The quantitative estimate of drug-likeness (QED) is 0.820. The minimum absolute atomic E-state index is 0.222. The highest BCUT2D eigenvalue weighted by molar-refractivity contribution is 5.83. The maximum absolute atomic E-state index is 12.5. The number of ketones is 1. The van der Waals surface area contributed by atoms with Crippen LogP contribution in [0.15, 0.2) is 24.3 Å². The lowest BCUT2D eigenvalue weighted by Gasteiger charge is -2.40. The first-order valence-electron chi connectivity index (χ1n) is 8.40. The third-order valence-electron chi connectivity index (χ3n) is 5.27. The number of fused-ring (bicyclic) bond motifs is 1. The topological polar surface area (TPSA) is 20.3 Å². The van der Waals surface area contributed by atoms with E-state index in [1.54, 1.807) is 0 Å². The van der Waals surface area contributed by atoms with Crippen LogP contribution in [0.1, 0.15) is 39.2 Å². The fourth-order valence-electron chi connectivity index (χ4n) is 4.29. The lowest BCUT2D eigenvalue weighted by atomic mass is 9.74. The summed E-state index contributed by atoms with van der Waals surface area (Å²) < 4.78 is 0. The van der Waals surface area contributed by atoms with Crippen molar-refractivity contribution in [1.82, 2.24) is 0 Å². The van der Waals surface area contributed by atoms with E-state index in [9.17, 15) is 4.79 Å². The van der Waals surface area contributed by atoms with Gasteiger partial charge in [-0.2, -0.15) is 0 Å². The Balaban J connectivity index is 1.80. The van der Waals surface area contributed by atoms with Gasteiger partial charge in [-0.3, -0.25) is 4.79 Å². The van der Waals surface area contributed by atoms with Crippen molar-refractivity contribution < 1.29 is 4.79 Å². The molecule has 0 amide bonds. The molecule has 0 bridgehead atoms. The molecule has 0 radical (unpaired) electrons. The Morgan fingerprint density at radius 1 is 1.10 bits per heavy atom. The first-order chi connectivity index (χ1) is 10.0. The standard InChI is InChI=1S/C19H27NO/c1-13-8-15(3)17(19(21)10-13)12-20-11-14(2)9-16-6-4-5-7-18(16)20/h4-7,13-15,17H,8-12H2,1-3H3. The predicted molar refractivity (Wildman–Crippen MR) is 87.6 cm³/mol. The van der Waals surface area contributed by atoms with E-state index in [2.05, 4.69) is 49.9 Å². The van der Waals surface area contributed by atoms with Gasteiger partial charge in [0.1, 0.15) is 5.78 Å². The summed E-state index contributed by atoms with van der Waals surface area (Å²) in [6.45, 7) is 8.79. The maximum atomic E-state index is 12.5. The highest BCUT2D eigenvalue weighted by atomic mass is 16.1. The summed E-state index contributed by atoms with van der Waals surface area (Å²) in [6.07, 6.45) is 3.14. The molecule has 4 unspecified atom stereocenters. The van der Waals surface area contributed by atoms with Crippen LogP contribution in [-0.4, -0.2) is 18.9 Å². The Kier molecular flexibility index (Phi) is 4.05. The second kappa shape index (κ2) is 5.82. The summed E-state index contributed by atoms with van der Waals surface area (Å²) >= 11 is 0. The van der Waals surface area contributed by atoms with Gasteiger partial charge in [0.2, 0.25) is 0 Å². The average Bonchev–Trinajstić information content (AvgIpc) is 2.42. The van der Waals surface area contributed by atoms with Crippen LogP contribution >= 0.6 is 0 Å². The molecule has 2 aliphatic rings. The van der Waals surface area contributed by atoms with Gasteiger partial charge in [0.25, 0.3) is 0 Å². The van der Waals surface area contributed by atoms with Crippen LogP contribution < -0.4 is 4.90 Å². The van der Waals surface area contributed by atoms with E-state index < -0.39 is 0 Å². The minimum Gasteiger partial charge on any atom is -0.370 e. The Hall–Kier alpha value is -1.31. The fraction of sp³-hybridized carbons (Fsp3) is 0.632. The van der Waals surface area contributed by atoms with Gasteiger partial charge < -0.3 is 4.90 Å². The molecule has 1 aromatic rings. The van der Waals surface area contributed by atoms with Gasteiger partial charge >= 0.3 is 0 Å². The molecule has 1 aliphatic heterocycles. The SMILES string of the molecule is CC1CC(=O)C(CN2CC(C)Cc3ccccc32)C(C)C1. The Bertz CT molecular complexity index is 524. The highest BCUT2D eigenvalue weighted by Gasteiger charge is 2.34. The number of carbonyl (C=O) groups is 1. The summed E-state index contributed by atoms with van der Waals surface area (Å²) in [6, 6.07) is 8.72. The maximum Gasteiger partial charge on any atom is 0.138 e. The number of rotatable bonds is 2. The summed E-state index contributed by atoms with van der Waals surface area (Å²) in [4.78, 5) is 14.9. The Morgan fingerprint density at radius 3 is 2.62 bits per heavy atom. The first kappa shape index (κ1) is 14.6. The number of benzene rings is 1. The molecule has 2 nitrogen and oxygen atoms in total. The van der Waals surface area contributed by atoms with Crippen LogP contribution in [-0.2, 0) is 11.2 Å². The molecular formula is C19H27NO. The lowest BCUT2D eigenvalue weighted by molar-refractivity contribution is -0.127. The molecule has 1 fully saturated rings. The minimum atomic E-state index is 0.222. The summed E-state index contributed by atoms with van der Waals surface area (Å²) in [7, 11) is 0. The van der Waals surface area contributed by atoms with Gasteiger partial charge in [-0.1, -0.05) is 39.0 Å². The third kappa shape index (κ3) is 3.00. The van der Waals surface area contributed by atoms with Gasteiger partial charge in [-0.15, -0.1) is 0 Å². The van der Waals surface area contributed by atoms with E-state index in [1.165, 1.54) is 17.7 Å². The molecule has 21 heavy (non-hydrogen) atoms. The number of hydrogen-bond acceptors (Lipinski definition) is 2. The van der Waals surface area contributed by atoms with Crippen molar-refractivity contribution in [3.8, 4) is 0 Å². The summed E-state index contributed by atoms with van der Waals surface area (Å²) in [5.74, 6) is 2.46. The molecule has 3 rings (SSSR count). The monoisotopic (exact) mass is 285 g/mol. The lowest BCUT2D eigenvalue weighted by Crippen LogP contribution is -2.43. The number of nitrogens with zero attached hydrogens (tertiary/aromatic N) is 1. The van der Waals surface area contributed by atoms with Gasteiger partial charge in [-0.05, 0) is 42.2 Å². The number of carbonyl (C=O) groups excluding carboxylic acids is 1. The zero-order valence-corrected chi connectivity index (χ0v) is 13.5.